The summed E-state index contributed by atoms with van der Waals surface area (Å²) in [6.45, 7) is 0.478. The van der Waals surface area contributed by atoms with Crippen molar-refractivity contribution in [3.05, 3.63) is 33.0 Å². The van der Waals surface area contributed by atoms with Gasteiger partial charge in [-0.3, -0.25) is 10.1 Å². The molecule has 100 valence electrons. The van der Waals surface area contributed by atoms with Crippen LogP contribution in [0.25, 0.3) is 0 Å². The van der Waals surface area contributed by atoms with E-state index in [1.54, 1.807) is 5.51 Å². The third-order valence-electron chi connectivity index (χ3n) is 2.30. The van der Waals surface area contributed by atoms with Crippen LogP contribution in [0.3, 0.4) is 0 Å². The standard InChI is InChI=1S/C9H11N7O2S/c10-15-9-7(16(17)18)8(12-4-13-9)11-2-1-6-3-19-5-14-6/h3-5H,1-2,10H2,(H2,11,12,13,15). The van der Waals surface area contributed by atoms with Gasteiger partial charge in [0, 0.05) is 18.3 Å². The van der Waals surface area contributed by atoms with E-state index in [0.29, 0.717) is 13.0 Å². The number of rotatable bonds is 6. The Morgan fingerprint density at radius 1 is 1.37 bits per heavy atom. The largest absolute Gasteiger partial charge is 0.364 e. The average molecular weight is 281 g/mol. The second-order valence-corrected chi connectivity index (χ2v) is 4.20. The fourth-order valence-corrected chi connectivity index (χ4v) is 2.05. The highest BCUT2D eigenvalue weighted by Crippen LogP contribution is 2.27. The molecule has 0 bridgehead atoms. The van der Waals surface area contributed by atoms with Crippen LogP contribution in [0.4, 0.5) is 17.3 Å². The molecule has 0 aliphatic heterocycles. The first-order valence-electron chi connectivity index (χ1n) is 5.29. The fourth-order valence-electron chi connectivity index (χ4n) is 1.46. The summed E-state index contributed by atoms with van der Waals surface area (Å²) in [5, 5.41) is 15.8. The maximum Gasteiger partial charge on any atom is 0.354 e. The highest BCUT2D eigenvalue weighted by Gasteiger charge is 2.21. The predicted molar refractivity (Wildman–Crippen MR) is 70.8 cm³/mol. The first-order chi connectivity index (χ1) is 9.22. The Morgan fingerprint density at radius 2 is 2.16 bits per heavy atom. The van der Waals surface area contributed by atoms with Crippen LogP contribution in [0.1, 0.15) is 5.69 Å². The molecule has 0 fully saturated rings. The van der Waals surface area contributed by atoms with Crippen molar-refractivity contribution in [1.29, 1.82) is 0 Å². The molecule has 0 aromatic carbocycles. The Balaban J connectivity index is 2.09. The van der Waals surface area contributed by atoms with E-state index >= 15 is 0 Å². The van der Waals surface area contributed by atoms with Crippen molar-refractivity contribution in [1.82, 2.24) is 15.0 Å². The van der Waals surface area contributed by atoms with E-state index in [4.69, 9.17) is 5.84 Å². The maximum atomic E-state index is 11.0. The Labute approximate surface area is 112 Å². The van der Waals surface area contributed by atoms with Gasteiger partial charge in [-0.05, 0) is 0 Å². The van der Waals surface area contributed by atoms with Crippen molar-refractivity contribution in [3.63, 3.8) is 0 Å². The lowest BCUT2D eigenvalue weighted by Crippen LogP contribution is -2.14. The molecule has 0 spiro atoms. The smallest absolute Gasteiger partial charge is 0.354 e. The van der Waals surface area contributed by atoms with E-state index in [-0.39, 0.29) is 17.3 Å². The number of nitro groups is 1. The molecule has 0 saturated carbocycles. The number of hydrogen-bond donors (Lipinski definition) is 3. The number of hydrazine groups is 1. The molecule has 0 amide bonds. The van der Waals surface area contributed by atoms with Crippen molar-refractivity contribution in [3.8, 4) is 0 Å². The number of hydrogen-bond acceptors (Lipinski definition) is 9. The summed E-state index contributed by atoms with van der Waals surface area (Å²) in [4.78, 5) is 22.1. The van der Waals surface area contributed by atoms with Crippen LogP contribution >= 0.6 is 11.3 Å². The molecule has 2 aromatic heterocycles. The normalized spacial score (nSPS) is 10.2. The van der Waals surface area contributed by atoms with E-state index in [1.807, 2.05) is 5.38 Å². The minimum Gasteiger partial charge on any atom is -0.364 e. The summed E-state index contributed by atoms with van der Waals surface area (Å²) in [6, 6.07) is 0. The van der Waals surface area contributed by atoms with Gasteiger partial charge in [-0.15, -0.1) is 11.3 Å². The second kappa shape index (κ2) is 6.02. The first-order valence-corrected chi connectivity index (χ1v) is 6.23. The molecule has 0 saturated heterocycles. The zero-order chi connectivity index (χ0) is 13.7. The minimum atomic E-state index is -0.583. The monoisotopic (exact) mass is 281 g/mol. The molecule has 2 aromatic rings. The van der Waals surface area contributed by atoms with Crippen LogP contribution in [0.15, 0.2) is 17.2 Å². The molecule has 0 unspecified atom stereocenters. The van der Waals surface area contributed by atoms with Crippen LogP contribution in [0.5, 0.6) is 0 Å². The summed E-state index contributed by atoms with van der Waals surface area (Å²) in [5.74, 6) is 5.28. The molecule has 2 rings (SSSR count). The number of anilines is 2. The number of nitrogens with one attached hydrogen (secondary N) is 2. The number of aromatic nitrogens is 3. The van der Waals surface area contributed by atoms with Crippen LogP contribution in [-0.2, 0) is 6.42 Å². The van der Waals surface area contributed by atoms with Crippen LogP contribution in [0.2, 0.25) is 0 Å². The quantitative estimate of drug-likeness (QED) is 0.402. The third-order valence-corrected chi connectivity index (χ3v) is 2.93. The number of thiazole rings is 1. The number of nitrogen functional groups attached to an aromatic ring is 1. The van der Waals surface area contributed by atoms with E-state index in [0.717, 1.165) is 5.69 Å². The van der Waals surface area contributed by atoms with E-state index < -0.39 is 4.92 Å². The highest BCUT2D eigenvalue weighted by atomic mass is 32.1. The SMILES string of the molecule is NNc1ncnc(NCCc2cscn2)c1[N+](=O)[O-]. The Hall–Kier alpha value is -2.33. The zero-order valence-electron chi connectivity index (χ0n) is 9.74. The molecule has 19 heavy (non-hydrogen) atoms. The lowest BCUT2D eigenvalue weighted by Gasteiger charge is -2.07. The van der Waals surface area contributed by atoms with Gasteiger partial charge < -0.3 is 10.7 Å². The Morgan fingerprint density at radius 3 is 2.79 bits per heavy atom. The summed E-state index contributed by atoms with van der Waals surface area (Å²) >= 11 is 1.50. The topological polar surface area (TPSA) is 132 Å². The molecule has 0 aliphatic rings. The fraction of sp³-hybridized carbons (Fsp3) is 0.222. The highest BCUT2D eigenvalue weighted by molar-refractivity contribution is 7.07. The molecular formula is C9H11N7O2S. The molecule has 4 N–H and O–H groups in total. The van der Waals surface area contributed by atoms with Crippen LogP contribution < -0.4 is 16.6 Å². The molecular weight excluding hydrogens is 270 g/mol. The zero-order valence-corrected chi connectivity index (χ0v) is 10.6. The number of nitrogens with two attached hydrogens (primary N) is 1. The lowest BCUT2D eigenvalue weighted by molar-refractivity contribution is -0.383. The average Bonchev–Trinajstić information content (AvgIpc) is 2.91. The molecule has 0 atom stereocenters. The Bertz CT molecular complexity index is 560. The molecule has 10 heteroatoms. The molecule has 0 aliphatic carbocycles. The van der Waals surface area contributed by atoms with Gasteiger partial charge in [0.05, 0.1) is 16.1 Å². The van der Waals surface area contributed by atoms with Crippen molar-refractivity contribution < 1.29 is 4.92 Å². The summed E-state index contributed by atoms with van der Waals surface area (Å²) < 4.78 is 0. The molecule has 9 nitrogen and oxygen atoms in total. The Kier molecular flexibility index (Phi) is 4.15. The lowest BCUT2D eigenvalue weighted by atomic mass is 10.3. The van der Waals surface area contributed by atoms with E-state index in [9.17, 15) is 10.1 Å². The van der Waals surface area contributed by atoms with Crippen molar-refractivity contribution in [2.75, 3.05) is 17.3 Å². The van der Waals surface area contributed by atoms with Crippen molar-refractivity contribution >= 4 is 28.7 Å². The van der Waals surface area contributed by atoms with E-state index in [2.05, 4.69) is 25.7 Å². The van der Waals surface area contributed by atoms with Gasteiger partial charge in [-0.1, -0.05) is 0 Å². The van der Waals surface area contributed by atoms with Gasteiger partial charge in [0.1, 0.15) is 6.33 Å². The van der Waals surface area contributed by atoms with Crippen LogP contribution in [0, 0.1) is 10.1 Å². The van der Waals surface area contributed by atoms with Crippen molar-refractivity contribution in [2.45, 2.75) is 6.42 Å². The summed E-state index contributed by atoms with van der Waals surface area (Å²) in [6.07, 6.45) is 1.85. The maximum absolute atomic E-state index is 11.0. The van der Waals surface area contributed by atoms with Gasteiger partial charge in [0.25, 0.3) is 0 Å². The molecule has 0 radical (unpaired) electrons. The van der Waals surface area contributed by atoms with Gasteiger partial charge in [-0.2, -0.15) is 0 Å². The van der Waals surface area contributed by atoms with Crippen molar-refractivity contribution in [2.24, 2.45) is 5.84 Å². The third kappa shape index (κ3) is 3.11. The summed E-state index contributed by atoms with van der Waals surface area (Å²) in [5.41, 5.74) is 4.56. The number of nitrogens with zero attached hydrogens (tertiary/aromatic N) is 4. The van der Waals surface area contributed by atoms with Gasteiger partial charge in [-0.25, -0.2) is 20.8 Å². The first kappa shape index (κ1) is 13.1. The van der Waals surface area contributed by atoms with E-state index in [1.165, 1.54) is 17.7 Å². The van der Waals surface area contributed by atoms with Gasteiger partial charge >= 0.3 is 5.69 Å². The molecule has 2 heterocycles. The van der Waals surface area contributed by atoms with Gasteiger partial charge in [0.2, 0.25) is 11.6 Å². The van der Waals surface area contributed by atoms with Crippen LogP contribution in [-0.4, -0.2) is 26.4 Å². The predicted octanol–water partition coefficient (Wildman–Crippen LogP) is 0.781. The van der Waals surface area contributed by atoms with Gasteiger partial charge in [0.15, 0.2) is 0 Å². The second-order valence-electron chi connectivity index (χ2n) is 3.48. The summed E-state index contributed by atoms with van der Waals surface area (Å²) in [7, 11) is 0. The minimum absolute atomic E-state index is 0.0313.